The summed E-state index contributed by atoms with van der Waals surface area (Å²) in [7, 11) is 0. The van der Waals surface area contributed by atoms with E-state index in [0.717, 1.165) is 44.1 Å². The van der Waals surface area contributed by atoms with Gasteiger partial charge in [0.05, 0.1) is 11.2 Å². The van der Waals surface area contributed by atoms with Crippen LogP contribution in [0.3, 0.4) is 0 Å². The minimum atomic E-state index is -0.0828. The van der Waals surface area contributed by atoms with Gasteiger partial charge in [0, 0.05) is 5.92 Å². The van der Waals surface area contributed by atoms with Gasteiger partial charge in [0.2, 0.25) is 0 Å². The minimum absolute atomic E-state index is 0.0278. The average Bonchev–Trinajstić information content (AvgIpc) is 2.80. The van der Waals surface area contributed by atoms with Gasteiger partial charge in [0.25, 0.3) is 0 Å². The van der Waals surface area contributed by atoms with Crippen LogP contribution in [0.5, 0.6) is 0 Å². The first-order valence-electron chi connectivity index (χ1n) is 13.8. The Morgan fingerprint density at radius 2 is 1.79 bits per heavy atom. The molecule has 0 N–H and O–H groups in total. The summed E-state index contributed by atoms with van der Waals surface area (Å²) in [6, 6.07) is 0. The molecule has 1 heteroatoms. The lowest BCUT2D eigenvalue weighted by Gasteiger charge is -2.53. The zero-order chi connectivity index (χ0) is 25.2. The van der Waals surface area contributed by atoms with E-state index in [1.54, 1.807) is 5.57 Å². The quantitative estimate of drug-likeness (QED) is 0.150. The molecule has 1 nitrogen and oxygen atoms in total. The van der Waals surface area contributed by atoms with E-state index in [-0.39, 0.29) is 11.2 Å². The van der Waals surface area contributed by atoms with Crippen LogP contribution in [0.4, 0.5) is 0 Å². The molecule has 190 valence electrons. The molecule has 0 saturated carbocycles. The average molecular weight is 464 g/mol. The fraction of sp³-hybridized carbons (Fsp3) is 0.636. The first-order valence-corrected chi connectivity index (χ1v) is 13.8. The molecule has 0 amide bonds. The lowest BCUT2D eigenvalue weighted by Crippen LogP contribution is -2.53. The van der Waals surface area contributed by atoms with Crippen molar-refractivity contribution in [2.45, 2.75) is 130 Å². The fourth-order valence-corrected chi connectivity index (χ4v) is 5.60. The summed E-state index contributed by atoms with van der Waals surface area (Å²) in [4.78, 5) is 0. The Hall–Kier alpha value is -1.69. The van der Waals surface area contributed by atoms with Crippen molar-refractivity contribution in [2.75, 3.05) is 0 Å². The van der Waals surface area contributed by atoms with Crippen LogP contribution < -0.4 is 0 Å². The summed E-state index contributed by atoms with van der Waals surface area (Å²) in [5.41, 5.74) is 9.78. The van der Waals surface area contributed by atoms with Gasteiger partial charge in [-0.2, -0.15) is 12.2 Å². The van der Waals surface area contributed by atoms with Crippen molar-refractivity contribution >= 4 is 0 Å². The normalized spacial score (nSPS) is 27.5. The van der Waals surface area contributed by atoms with Crippen LogP contribution in [0.1, 0.15) is 119 Å². The zero-order valence-electron chi connectivity index (χ0n) is 23.2. The predicted octanol–water partition coefficient (Wildman–Crippen LogP) is 10.2. The van der Waals surface area contributed by atoms with Gasteiger partial charge in [-0.1, -0.05) is 74.1 Å². The number of fused-ring (bicyclic) bond motifs is 1. The number of unbranched alkanes of at least 4 members (excludes halogenated alkanes) is 1. The standard InChI is InChI=1S/C33H51O/c1-9-11-24-33-30(7)29(6)20-21-31(33)22-25-32(8,34-33)23-14-19-28(5)18-13-17-27(4)16-12-15-26(3)10-2/h16,19-21,30H,2-3,9,11-15,17-18,22-25H2,1,4-8H3/q-1/b27-16+,28-19+. The van der Waals surface area contributed by atoms with Crippen LogP contribution in [-0.4, -0.2) is 11.2 Å². The van der Waals surface area contributed by atoms with Crippen molar-refractivity contribution in [3.8, 4) is 0 Å². The number of hydrogen-bond donors (Lipinski definition) is 0. The third kappa shape index (κ3) is 7.93. The Labute approximate surface area is 211 Å². The van der Waals surface area contributed by atoms with Crippen LogP contribution >= 0.6 is 0 Å². The maximum atomic E-state index is 7.15. The summed E-state index contributed by atoms with van der Waals surface area (Å²) in [5, 5.41) is 0. The molecule has 2 aliphatic rings. The number of ether oxygens (including phenoxy) is 1. The Morgan fingerprint density at radius 3 is 2.44 bits per heavy atom. The molecule has 0 aromatic rings. The van der Waals surface area contributed by atoms with Crippen molar-refractivity contribution in [1.82, 2.24) is 0 Å². The third-order valence-electron chi connectivity index (χ3n) is 8.22. The topological polar surface area (TPSA) is 9.23 Å². The van der Waals surface area contributed by atoms with Crippen LogP contribution in [-0.2, 0) is 4.74 Å². The van der Waals surface area contributed by atoms with E-state index >= 15 is 0 Å². The van der Waals surface area contributed by atoms with Gasteiger partial charge in [0.1, 0.15) is 0 Å². The smallest absolute Gasteiger partial charge is 0.0964 e. The molecule has 1 aliphatic heterocycles. The molecule has 1 saturated heterocycles. The van der Waals surface area contributed by atoms with Crippen molar-refractivity contribution in [3.63, 3.8) is 0 Å². The molecule has 3 atom stereocenters. The van der Waals surface area contributed by atoms with Crippen LogP contribution in [0.25, 0.3) is 0 Å². The number of hydrogen-bond acceptors (Lipinski definition) is 1. The molecule has 34 heavy (non-hydrogen) atoms. The summed E-state index contributed by atoms with van der Waals surface area (Å²) in [6.07, 6.45) is 23.3. The van der Waals surface area contributed by atoms with Crippen molar-refractivity contribution < 1.29 is 4.74 Å². The van der Waals surface area contributed by atoms with E-state index in [1.807, 2.05) is 0 Å². The molecule has 3 unspecified atom stereocenters. The first kappa shape index (κ1) is 28.5. The van der Waals surface area contributed by atoms with E-state index in [0.29, 0.717) is 5.92 Å². The zero-order valence-corrected chi connectivity index (χ0v) is 23.2. The second kappa shape index (κ2) is 13.4. The first-order chi connectivity index (χ1) is 16.2. The molecule has 0 radical (unpaired) electrons. The lowest BCUT2D eigenvalue weighted by atomic mass is 9.67. The van der Waals surface area contributed by atoms with Gasteiger partial charge in [-0.25, -0.2) is 6.92 Å². The van der Waals surface area contributed by atoms with Gasteiger partial charge in [0.15, 0.2) is 0 Å². The summed E-state index contributed by atoms with van der Waals surface area (Å²) in [5.74, 6) is 0.472. The Balaban J connectivity index is 1.87. The minimum Gasteiger partial charge on any atom is -0.364 e. The monoisotopic (exact) mass is 463 g/mol. The molecule has 2 rings (SSSR count). The van der Waals surface area contributed by atoms with Crippen LogP contribution in [0, 0.1) is 12.8 Å². The van der Waals surface area contributed by atoms with Gasteiger partial charge in [-0.15, -0.1) is 0 Å². The fourth-order valence-electron chi connectivity index (χ4n) is 5.60. The van der Waals surface area contributed by atoms with Crippen LogP contribution in [0.2, 0.25) is 0 Å². The largest absolute Gasteiger partial charge is 0.364 e. The second-order valence-electron chi connectivity index (χ2n) is 11.2. The molecule has 1 fully saturated rings. The van der Waals surface area contributed by atoms with E-state index in [4.69, 9.17) is 4.74 Å². The predicted molar refractivity (Wildman–Crippen MR) is 150 cm³/mol. The highest BCUT2D eigenvalue weighted by Crippen LogP contribution is 2.51. The van der Waals surface area contributed by atoms with E-state index in [1.165, 1.54) is 55.2 Å². The lowest BCUT2D eigenvalue weighted by molar-refractivity contribution is -0.177. The van der Waals surface area contributed by atoms with Crippen molar-refractivity contribution in [3.05, 3.63) is 71.4 Å². The molecule has 0 spiro atoms. The van der Waals surface area contributed by atoms with E-state index in [9.17, 15) is 0 Å². The maximum absolute atomic E-state index is 7.15. The summed E-state index contributed by atoms with van der Waals surface area (Å²) >= 11 is 0. The van der Waals surface area contributed by atoms with Crippen molar-refractivity contribution in [1.29, 1.82) is 0 Å². The molecular formula is C33H51O-. The Bertz CT molecular complexity index is 844. The SMILES string of the molecule is C=C=C([CH2-])CC/C=C(\C)CCC/C(C)=C/CCC1(C)CCC2=CC=C(C)C(C)C2(CCCC)O1. The summed E-state index contributed by atoms with van der Waals surface area (Å²) in [6.45, 7) is 21.5. The highest BCUT2D eigenvalue weighted by Gasteiger charge is 2.49. The van der Waals surface area contributed by atoms with Gasteiger partial charge in [-0.05, 0) is 91.1 Å². The molecule has 0 aromatic heterocycles. The van der Waals surface area contributed by atoms with Gasteiger partial charge < -0.3 is 10.5 Å². The molecule has 0 bridgehead atoms. The number of allylic oxidation sites excluding steroid dienone is 7. The highest BCUT2D eigenvalue weighted by atomic mass is 16.5. The third-order valence-corrected chi connectivity index (χ3v) is 8.22. The van der Waals surface area contributed by atoms with Gasteiger partial charge >= 0.3 is 0 Å². The Kier molecular flexibility index (Phi) is 11.3. The van der Waals surface area contributed by atoms with Crippen LogP contribution in [0.15, 0.2) is 64.5 Å². The molecule has 1 aliphatic carbocycles. The molecule has 0 aromatic carbocycles. The number of rotatable bonds is 13. The Morgan fingerprint density at radius 1 is 1.12 bits per heavy atom. The van der Waals surface area contributed by atoms with E-state index < -0.39 is 0 Å². The molecule has 1 heterocycles. The molecular weight excluding hydrogens is 412 g/mol. The van der Waals surface area contributed by atoms with Crippen molar-refractivity contribution in [2.24, 2.45) is 5.92 Å². The summed E-state index contributed by atoms with van der Waals surface area (Å²) < 4.78 is 7.15. The highest BCUT2D eigenvalue weighted by molar-refractivity contribution is 5.36. The van der Waals surface area contributed by atoms with Gasteiger partial charge in [-0.3, -0.25) is 0 Å². The van der Waals surface area contributed by atoms with E-state index in [2.05, 4.69) is 85.1 Å². The maximum Gasteiger partial charge on any atom is 0.0964 e. The second-order valence-corrected chi connectivity index (χ2v) is 11.2.